The standard InChI is InChI=1S/C15H11N3O/c19-13-8-6-12(7-9-13)15-16-10-14(17-18-15)11-4-2-1-3-5-11/h1-10,19H. The fraction of sp³-hybridized carbons (Fsp3) is 0. The van der Waals surface area contributed by atoms with Crippen molar-refractivity contribution < 1.29 is 5.11 Å². The third-order valence-electron chi connectivity index (χ3n) is 2.76. The highest BCUT2D eigenvalue weighted by Gasteiger charge is 2.04. The van der Waals surface area contributed by atoms with Gasteiger partial charge in [-0.05, 0) is 24.3 Å². The van der Waals surface area contributed by atoms with Gasteiger partial charge in [0.2, 0.25) is 0 Å². The lowest BCUT2D eigenvalue weighted by Crippen LogP contribution is -1.94. The molecular formula is C15H11N3O. The van der Waals surface area contributed by atoms with E-state index in [1.54, 1.807) is 30.5 Å². The predicted octanol–water partition coefficient (Wildman–Crippen LogP) is 2.91. The van der Waals surface area contributed by atoms with Crippen molar-refractivity contribution in [2.45, 2.75) is 0 Å². The second kappa shape index (κ2) is 4.86. The summed E-state index contributed by atoms with van der Waals surface area (Å²) in [5, 5.41) is 17.5. The molecule has 1 aromatic heterocycles. The molecule has 0 aliphatic carbocycles. The monoisotopic (exact) mass is 249 g/mol. The largest absolute Gasteiger partial charge is 0.508 e. The van der Waals surface area contributed by atoms with Crippen molar-refractivity contribution in [3.63, 3.8) is 0 Å². The average molecular weight is 249 g/mol. The van der Waals surface area contributed by atoms with Crippen molar-refractivity contribution in [2.75, 3.05) is 0 Å². The molecule has 0 atom stereocenters. The van der Waals surface area contributed by atoms with Crippen molar-refractivity contribution in [1.82, 2.24) is 15.2 Å². The SMILES string of the molecule is Oc1ccc(-c2ncc(-c3ccccc3)nn2)cc1. The predicted molar refractivity (Wildman–Crippen MR) is 72.4 cm³/mol. The number of rotatable bonds is 2. The lowest BCUT2D eigenvalue weighted by molar-refractivity contribution is 0.475. The van der Waals surface area contributed by atoms with Crippen LogP contribution in [0.4, 0.5) is 0 Å². The van der Waals surface area contributed by atoms with Crippen molar-refractivity contribution in [1.29, 1.82) is 0 Å². The molecule has 1 N–H and O–H groups in total. The quantitative estimate of drug-likeness (QED) is 0.758. The molecule has 3 rings (SSSR count). The van der Waals surface area contributed by atoms with Gasteiger partial charge in [0.1, 0.15) is 11.4 Å². The Labute approximate surface area is 110 Å². The molecular weight excluding hydrogens is 238 g/mol. The molecule has 0 radical (unpaired) electrons. The zero-order chi connectivity index (χ0) is 13.1. The van der Waals surface area contributed by atoms with Gasteiger partial charge in [-0.1, -0.05) is 30.3 Å². The lowest BCUT2D eigenvalue weighted by Gasteiger charge is -2.02. The van der Waals surface area contributed by atoms with Crippen LogP contribution in [0.15, 0.2) is 60.8 Å². The van der Waals surface area contributed by atoms with Crippen LogP contribution in [-0.4, -0.2) is 20.3 Å². The van der Waals surface area contributed by atoms with Crippen LogP contribution >= 0.6 is 0 Å². The first kappa shape index (κ1) is 11.3. The van der Waals surface area contributed by atoms with E-state index >= 15 is 0 Å². The Bertz CT molecular complexity index is 664. The molecule has 0 bridgehead atoms. The third-order valence-corrected chi connectivity index (χ3v) is 2.76. The minimum Gasteiger partial charge on any atom is -0.508 e. The molecule has 92 valence electrons. The second-order valence-electron chi connectivity index (χ2n) is 4.08. The molecule has 0 amide bonds. The molecule has 2 aromatic carbocycles. The molecule has 4 nitrogen and oxygen atoms in total. The van der Waals surface area contributed by atoms with Crippen molar-refractivity contribution in [2.24, 2.45) is 0 Å². The fourth-order valence-corrected chi connectivity index (χ4v) is 1.76. The first-order chi connectivity index (χ1) is 9.33. The van der Waals surface area contributed by atoms with E-state index < -0.39 is 0 Å². The maximum Gasteiger partial charge on any atom is 0.181 e. The number of hydrogen-bond acceptors (Lipinski definition) is 4. The van der Waals surface area contributed by atoms with Crippen LogP contribution in [0.2, 0.25) is 0 Å². The smallest absolute Gasteiger partial charge is 0.181 e. The van der Waals surface area contributed by atoms with Gasteiger partial charge in [-0.25, -0.2) is 4.98 Å². The van der Waals surface area contributed by atoms with Crippen LogP contribution in [0.3, 0.4) is 0 Å². The zero-order valence-electron chi connectivity index (χ0n) is 10.1. The first-order valence-corrected chi connectivity index (χ1v) is 5.87. The zero-order valence-corrected chi connectivity index (χ0v) is 10.1. The van der Waals surface area contributed by atoms with Gasteiger partial charge >= 0.3 is 0 Å². The van der Waals surface area contributed by atoms with E-state index in [4.69, 9.17) is 0 Å². The van der Waals surface area contributed by atoms with Crippen molar-refractivity contribution in [3.8, 4) is 28.4 Å². The van der Waals surface area contributed by atoms with E-state index in [1.165, 1.54) is 0 Å². The minimum atomic E-state index is 0.220. The Hall–Kier alpha value is -2.75. The Balaban J connectivity index is 1.93. The summed E-state index contributed by atoms with van der Waals surface area (Å²) in [5.74, 6) is 0.761. The highest BCUT2D eigenvalue weighted by molar-refractivity contribution is 5.60. The minimum absolute atomic E-state index is 0.220. The van der Waals surface area contributed by atoms with Crippen LogP contribution in [0.5, 0.6) is 5.75 Å². The van der Waals surface area contributed by atoms with Crippen LogP contribution in [0.1, 0.15) is 0 Å². The number of phenols is 1. The summed E-state index contributed by atoms with van der Waals surface area (Å²) < 4.78 is 0. The van der Waals surface area contributed by atoms with Crippen molar-refractivity contribution in [3.05, 3.63) is 60.8 Å². The van der Waals surface area contributed by atoms with Crippen LogP contribution < -0.4 is 0 Å². The average Bonchev–Trinajstić information content (AvgIpc) is 2.49. The van der Waals surface area contributed by atoms with E-state index in [0.717, 1.165) is 16.8 Å². The van der Waals surface area contributed by atoms with E-state index in [2.05, 4.69) is 15.2 Å². The Morgan fingerprint density at radius 3 is 2.11 bits per heavy atom. The maximum atomic E-state index is 9.24. The molecule has 3 aromatic rings. The molecule has 4 heteroatoms. The molecule has 0 fully saturated rings. The van der Waals surface area contributed by atoms with E-state index in [9.17, 15) is 5.11 Å². The van der Waals surface area contributed by atoms with Gasteiger partial charge in [0.15, 0.2) is 5.82 Å². The van der Waals surface area contributed by atoms with Crippen molar-refractivity contribution >= 4 is 0 Å². The number of aromatic hydroxyl groups is 1. The highest BCUT2D eigenvalue weighted by Crippen LogP contribution is 2.19. The molecule has 19 heavy (non-hydrogen) atoms. The highest BCUT2D eigenvalue weighted by atomic mass is 16.3. The van der Waals surface area contributed by atoms with Gasteiger partial charge in [0.05, 0.1) is 6.20 Å². The summed E-state index contributed by atoms with van der Waals surface area (Å²) in [7, 11) is 0. The van der Waals surface area contributed by atoms with E-state index in [-0.39, 0.29) is 5.75 Å². The van der Waals surface area contributed by atoms with Gasteiger partial charge in [-0.15, -0.1) is 10.2 Å². The summed E-state index contributed by atoms with van der Waals surface area (Å²) in [6.45, 7) is 0. The summed E-state index contributed by atoms with van der Waals surface area (Å²) >= 11 is 0. The van der Waals surface area contributed by atoms with Gasteiger partial charge in [0, 0.05) is 11.1 Å². The Kier molecular flexibility index (Phi) is 2.90. The summed E-state index contributed by atoms with van der Waals surface area (Å²) in [6, 6.07) is 16.5. The first-order valence-electron chi connectivity index (χ1n) is 5.87. The molecule has 0 aliphatic heterocycles. The molecule has 1 heterocycles. The van der Waals surface area contributed by atoms with E-state index in [1.807, 2.05) is 30.3 Å². The summed E-state index contributed by atoms with van der Waals surface area (Å²) in [4.78, 5) is 4.30. The lowest BCUT2D eigenvalue weighted by atomic mass is 10.2. The van der Waals surface area contributed by atoms with Crippen LogP contribution in [0.25, 0.3) is 22.6 Å². The van der Waals surface area contributed by atoms with Gasteiger partial charge < -0.3 is 5.11 Å². The topological polar surface area (TPSA) is 58.9 Å². The maximum absolute atomic E-state index is 9.24. The summed E-state index contributed by atoms with van der Waals surface area (Å²) in [5.41, 5.74) is 2.55. The number of nitrogens with zero attached hydrogens (tertiary/aromatic N) is 3. The number of phenolic OH excluding ortho intramolecular Hbond substituents is 1. The van der Waals surface area contributed by atoms with Gasteiger partial charge in [0.25, 0.3) is 0 Å². The van der Waals surface area contributed by atoms with E-state index in [0.29, 0.717) is 5.82 Å². The Morgan fingerprint density at radius 1 is 0.737 bits per heavy atom. The van der Waals surface area contributed by atoms with Crippen LogP contribution in [-0.2, 0) is 0 Å². The second-order valence-corrected chi connectivity index (χ2v) is 4.08. The molecule has 0 unspecified atom stereocenters. The molecule has 0 saturated carbocycles. The normalized spacial score (nSPS) is 10.3. The summed E-state index contributed by atoms with van der Waals surface area (Å²) in [6.07, 6.45) is 1.70. The molecule has 0 saturated heterocycles. The number of hydrogen-bond donors (Lipinski definition) is 1. The number of benzene rings is 2. The van der Waals surface area contributed by atoms with Gasteiger partial charge in [-0.3, -0.25) is 0 Å². The third kappa shape index (κ3) is 2.42. The molecule has 0 spiro atoms. The number of aromatic nitrogens is 3. The van der Waals surface area contributed by atoms with Gasteiger partial charge in [-0.2, -0.15) is 0 Å². The molecule has 0 aliphatic rings. The fourth-order valence-electron chi connectivity index (χ4n) is 1.76. The van der Waals surface area contributed by atoms with Crippen LogP contribution in [0, 0.1) is 0 Å². The Morgan fingerprint density at radius 2 is 1.47 bits per heavy atom.